The molecule has 0 bridgehead atoms. The van der Waals surface area contributed by atoms with Crippen molar-refractivity contribution >= 4 is 30.1 Å². The Balaban J connectivity index is 0.00000196. The highest BCUT2D eigenvalue weighted by Gasteiger charge is 2.23. The van der Waals surface area contributed by atoms with Crippen LogP contribution in [-0.4, -0.2) is 67.0 Å². The first-order valence-corrected chi connectivity index (χ1v) is 6.03. The van der Waals surface area contributed by atoms with Gasteiger partial charge in [-0.2, -0.15) is 11.8 Å². The van der Waals surface area contributed by atoms with Crippen molar-refractivity contribution in [3.63, 3.8) is 0 Å². The van der Waals surface area contributed by atoms with E-state index in [1.54, 1.807) is 11.8 Å². The number of hydrogen-bond acceptors (Lipinski definition) is 4. The van der Waals surface area contributed by atoms with Crippen LogP contribution in [0.1, 0.15) is 0 Å². The van der Waals surface area contributed by atoms with Crippen LogP contribution in [0, 0.1) is 0 Å². The zero-order valence-electron chi connectivity index (χ0n) is 9.31. The van der Waals surface area contributed by atoms with E-state index >= 15 is 0 Å². The third-order valence-electron chi connectivity index (χ3n) is 2.25. The van der Waals surface area contributed by atoms with Crippen LogP contribution in [-0.2, 0) is 4.79 Å². The molecule has 1 aliphatic heterocycles. The van der Waals surface area contributed by atoms with Gasteiger partial charge in [-0.05, 0) is 14.1 Å². The Labute approximate surface area is 102 Å². The summed E-state index contributed by atoms with van der Waals surface area (Å²) in [4.78, 5) is 15.7. The zero-order chi connectivity index (χ0) is 10.6. The van der Waals surface area contributed by atoms with Gasteiger partial charge in [0.05, 0.1) is 6.04 Å². The molecule has 6 heteroatoms. The molecule has 1 fully saturated rings. The summed E-state index contributed by atoms with van der Waals surface area (Å²) in [6.07, 6.45) is 0. The van der Waals surface area contributed by atoms with Crippen LogP contribution in [0.2, 0.25) is 0 Å². The summed E-state index contributed by atoms with van der Waals surface area (Å²) in [5.41, 5.74) is 5.75. The van der Waals surface area contributed by atoms with Crippen LogP contribution in [0.25, 0.3) is 0 Å². The molecule has 90 valence electrons. The Bertz CT molecular complexity index is 204. The van der Waals surface area contributed by atoms with E-state index in [2.05, 4.69) is 4.90 Å². The minimum absolute atomic E-state index is 0. The van der Waals surface area contributed by atoms with Gasteiger partial charge < -0.3 is 15.5 Å². The number of nitrogens with zero attached hydrogens (tertiary/aromatic N) is 2. The predicted octanol–water partition coefficient (Wildman–Crippen LogP) is -0.127. The lowest BCUT2D eigenvalue weighted by atomic mass is 10.3. The Morgan fingerprint density at radius 1 is 1.60 bits per heavy atom. The zero-order valence-corrected chi connectivity index (χ0v) is 10.9. The molecule has 0 aromatic rings. The largest absolute Gasteiger partial charge is 0.339 e. The van der Waals surface area contributed by atoms with E-state index in [4.69, 9.17) is 5.73 Å². The fraction of sp³-hybridized carbons (Fsp3) is 0.889. The van der Waals surface area contributed by atoms with E-state index in [1.165, 1.54) is 0 Å². The van der Waals surface area contributed by atoms with E-state index in [1.807, 2.05) is 19.0 Å². The van der Waals surface area contributed by atoms with E-state index in [0.717, 1.165) is 31.1 Å². The summed E-state index contributed by atoms with van der Waals surface area (Å²) in [5.74, 6) is 1.88. The number of hydrogen-bond donors (Lipinski definition) is 1. The van der Waals surface area contributed by atoms with Crippen molar-refractivity contribution in [3.8, 4) is 0 Å². The fourth-order valence-corrected chi connectivity index (χ4v) is 2.26. The maximum absolute atomic E-state index is 11.7. The minimum Gasteiger partial charge on any atom is -0.339 e. The molecule has 1 saturated heterocycles. The molecule has 1 amide bonds. The molecule has 0 aromatic carbocycles. The van der Waals surface area contributed by atoms with Crippen LogP contribution < -0.4 is 5.73 Å². The lowest BCUT2D eigenvalue weighted by molar-refractivity contribution is -0.131. The van der Waals surface area contributed by atoms with Crippen molar-refractivity contribution in [3.05, 3.63) is 0 Å². The van der Waals surface area contributed by atoms with Gasteiger partial charge in [0.1, 0.15) is 0 Å². The first-order valence-electron chi connectivity index (χ1n) is 4.88. The van der Waals surface area contributed by atoms with Gasteiger partial charge in [-0.25, -0.2) is 0 Å². The number of carbonyl (C=O) groups is 1. The van der Waals surface area contributed by atoms with Gasteiger partial charge in [-0.15, -0.1) is 12.4 Å². The molecular weight excluding hydrogens is 234 g/mol. The van der Waals surface area contributed by atoms with Gasteiger partial charge in [0.25, 0.3) is 0 Å². The maximum atomic E-state index is 11.7. The summed E-state index contributed by atoms with van der Waals surface area (Å²) >= 11 is 1.76. The van der Waals surface area contributed by atoms with E-state index in [0.29, 0.717) is 0 Å². The molecule has 1 unspecified atom stereocenters. The molecule has 0 radical (unpaired) electrons. The molecule has 15 heavy (non-hydrogen) atoms. The highest BCUT2D eigenvalue weighted by Crippen LogP contribution is 2.10. The first kappa shape index (κ1) is 15.0. The van der Waals surface area contributed by atoms with Crippen molar-refractivity contribution in [2.45, 2.75) is 6.04 Å². The van der Waals surface area contributed by atoms with Gasteiger partial charge in [0.15, 0.2) is 0 Å². The summed E-state index contributed by atoms with van der Waals surface area (Å²) in [5, 5.41) is 0. The Kier molecular flexibility index (Phi) is 7.34. The second-order valence-electron chi connectivity index (χ2n) is 3.81. The average Bonchev–Trinajstić information content (AvgIpc) is 2.28. The molecule has 0 spiro atoms. The number of amides is 1. The fourth-order valence-electron chi connectivity index (χ4n) is 1.34. The van der Waals surface area contributed by atoms with E-state index in [-0.39, 0.29) is 24.4 Å². The topological polar surface area (TPSA) is 49.6 Å². The van der Waals surface area contributed by atoms with Crippen molar-refractivity contribution < 1.29 is 4.79 Å². The molecule has 2 N–H and O–H groups in total. The normalized spacial score (nSPS) is 22.5. The van der Waals surface area contributed by atoms with Crippen LogP contribution in [0.5, 0.6) is 0 Å². The Morgan fingerprint density at radius 3 is 2.87 bits per heavy atom. The SMILES string of the molecule is CN(C)CCN1CCSCC(N)C1=O.Cl. The average molecular weight is 254 g/mol. The van der Waals surface area contributed by atoms with Gasteiger partial charge in [-0.1, -0.05) is 0 Å². The summed E-state index contributed by atoms with van der Waals surface area (Å²) in [6.45, 7) is 2.54. The van der Waals surface area contributed by atoms with Gasteiger partial charge in [-0.3, -0.25) is 4.79 Å². The maximum Gasteiger partial charge on any atom is 0.240 e. The summed E-state index contributed by atoms with van der Waals surface area (Å²) in [7, 11) is 4.02. The standard InChI is InChI=1S/C9H19N3OS.ClH/c1-11(2)3-4-12-5-6-14-7-8(10)9(12)13;/h8H,3-7,10H2,1-2H3;1H. The molecule has 4 nitrogen and oxygen atoms in total. The van der Waals surface area contributed by atoms with Crippen LogP contribution >= 0.6 is 24.2 Å². The monoisotopic (exact) mass is 253 g/mol. The lowest BCUT2D eigenvalue weighted by Crippen LogP contribution is -2.46. The second kappa shape index (κ2) is 7.33. The number of nitrogens with two attached hydrogens (primary N) is 1. The molecule has 1 atom stereocenters. The third-order valence-corrected chi connectivity index (χ3v) is 3.32. The molecule has 0 aliphatic carbocycles. The summed E-state index contributed by atoms with van der Waals surface area (Å²) < 4.78 is 0. The summed E-state index contributed by atoms with van der Waals surface area (Å²) in [6, 6.07) is -0.301. The predicted molar refractivity (Wildman–Crippen MR) is 67.7 cm³/mol. The molecule has 1 aliphatic rings. The lowest BCUT2D eigenvalue weighted by Gasteiger charge is -2.23. The Hall–Kier alpha value is 0.0300. The molecule has 0 aromatic heterocycles. The van der Waals surface area contributed by atoms with Crippen molar-refractivity contribution in [1.82, 2.24) is 9.80 Å². The highest BCUT2D eigenvalue weighted by atomic mass is 35.5. The highest BCUT2D eigenvalue weighted by molar-refractivity contribution is 7.99. The molecule has 1 rings (SSSR count). The van der Waals surface area contributed by atoms with Gasteiger partial charge in [0, 0.05) is 31.1 Å². The van der Waals surface area contributed by atoms with Gasteiger partial charge >= 0.3 is 0 Å². The third kappa shape index (κ3) is 5.06. The molecule has 0 saturated carbocycles. The number of likely N-dealkylation sites (N-methyl/N-ethyl adjacent to an activating group) is 1. The quantitative estimate of drug-likeness (QED) is 0.762. The van der Waals surface area contributed by atoms with Crippen LogP contribution in [0.15, 0.2) is 0 Å². The number of thioether (sulfide) groups is 1. The first-order chi connectivity index (χ1) is 6.61. The Morgan fingerprint density at radius 2 is 2.27 bits per heavy atom. The van der Waals surface area contributed by atoms with E-state index < -0.39 is 0 Å². The van der Waals surface area contributed by atoms with Crippen molar-refractivity contribution in [2.24, 2.45) is 5.73 Å². The smallest absolute Gasteiger partial charge is 0.240 e. The molecule has 1 heterocycles. The number of carbonyl (C=O) groups excluding carboxylic acids is 1. The van der Waals surface area contributed by atoms with Crippen molar-refractivity contribution in [1.29, 1.82) is 0 Å². The van der Waals surface area contributed by atoms with Gasteiger partial charge in [0.2, 0.25) is 5.91 Å². The second-order valence-corrected chi connectivity index (χ2v) is 4.96. The number of halogens is 1. The van der Waals surface area contributed by atoms with Crippen LogP contribution in [0.3, 0.4) is 0 Å². The van der Waals surface area contributed by atoms with Crippen molar-refractivity contribution in [2.75, 3.05) is 45.2 Å². The minimum atomic E-state index is -0.301. The van der Waals surface area contributed by atoms with Crippen LogP contribution in [0.4, 0.5) is 0 Å². The molecular formula is C9H20ClN3OS. The van der Waals surface area contributed by atoms with E-state index in [9.17, 15) is 4.79 Å². The number of rotatable bonds is 3.